The standard InChI is InChI=1S/C15H21.CH4.4Y/c1-11-4-7-14(8-5-11)15-9-6-12(2)10-13(15)3;;;;;/h6,9,11,14H,4-5,7-8H2,1-3H3;1H4;;;;/q-1;;;;;. The van der Waals surface area contributed by atoms with Gasteiger partial charge >= 0.3 is 0 Å². The predicted octanol–water partition coefficient (Wildman–Crippen LogP) is 5.02. The van der Waals surface area contributed by atoms with Crippen LogP contribution in [0.25, 0.3) is 0 Å². The molecule has 0 N–H and O–H groups in total. The molecule has 0 amide bonds. The van der Waals surface area contributed by atoms with E-state index < -0.39 is 0 Å². The maximum Gasteiger partial charge on any atom is 0 e. The molecule has 4 radical (unpaired) electrons. The van der Waals surface area contributed by atoms with Crippen molar-refractivity contribution in [3.05, 3.63) is 34.9 Å². The Morgan fingerprint density at radius 2 is 1.40 bits per heavy atom. The van der Waals surface area contributed by atoms with Crippen LogP contribution in [0, 0.1) is 25.8 Å². The minimum atomic E-state index is 0. The van der Waals surface area contributed by atoms with E-state index >= 15 is 0 Å². The molecule has 1 saturated carbocycles. The van der Waals surface area contributed by atoms with Crippen molar-refractivity contribution in [1.82, 2.24) is 0 Å². The molecule has 1 aliphatic rings. The quantitative estimate of drug-likeness (QED) is 0.415. The van der Waals surface area contributed by atoms with E-state index in [0.29, 0.717) is 0 Å². The summed E-state index contributed by atoms with van der Waals surface area (Å²) in [6.45, 7) is 6.71. The average Bonchev–Trinajstić information content (AvgIpc) is 2.20. The van der Waals surface area contributed by atoms with Crippen LogP contribution in [0.15, 0.2) is 12.1 Å². The Balaban J connectivity index is -0.000000256. The molecule has 0 heterocycles. The fourth-order valence-electron chi connectivity index (χ4n) is 2.76. The fraction of sp³-hybridized carbons (Fsp3) is 0.625. The van der Waals surface area contributed by atoms with Crippen LogP contribution in [-0.4, -0.2) is 0 Å². The maximum absolute atomic E-state index is 3.45. The van der Waals surface area contributed by atoms with Crippen LogP contribution in [0.2, 0.25) is 0 Å². The third kappa shape index (κ3) is 9.82. The first-order valence-corrected chi connectivity index (χ1v) is 6.16. The van der Waals surface area contributed by atoms with Crippen LogP contribution < -0.4 is 0 Å². The largest absolute Gasteiger partial charge is 0.177 e. The first kappa shape index (κ1) is 31.4. The molecule has 1 fully saturated rings. The second-order valence-corrected chi connectivity index (χ2v) is 5.18. The van der Waals surface area contributed by atoms with E-state index in [0.717, 1.165) is 11.8 Å². The normalized spacial score (nSPS) is 19.9. The molecule has 1 aromatic carbocycles. The van der Waals surface area contributed by atoms with Gasteiger partial charge < -0.3 is 0 Å². The number of hydrogen-bond acceptors (Lipinski definition) is 0. The fourth-order valence-corrected chi connectivity index (χ4v) is 2.76. The molecule has 20 heavy (non-hydrogen) atoms. The van der Waals surface area contributed by atoms with E-state index in [4.69, 9.17) is 0 Å². The average molecular weight is 573 g/mol. The third-order valence-corrected chi connectivity index (χ3v) is 3.79. The van der Waals surface area contributed by atoms with E-state index in [1.54, 1.807) is 5.56 Å². The van der Waals surface area contributed by atoms with Crippen molar-refractivity contribution >= 4 is 0 Å². The van der Waals surface area contributed by atoms with Gasteiger partial charge in [-0.05, 0) is 5.92 Å². The third-order valence-electron chi connectivity index (χ3n) is 3.79. The number of benzene rings is 1. The summed E-state index contributed by atoms with van der Waals surface area (Å²) in [4.78, 5) is 0. The van der Waals surface area contributed by atoms with Crippen LogP contribution in [0.5, 0.6) is 0 Å². The summed E-state index contributed by atoms with van der Waals surface area (Å²) in [5, 5.41) is 0. The first-order valence-electron chi connectivity index (χ1n) is 6.16. The van der Waals surface area contributed by atoms with Gasteiger partial charge in [-0.3, -0.25) is 0 Å². The molecule has 0 unspecified atom stereocenters. The zero-order valence-electron chi connectivity index (χ0n) is 12.4. The Kier molecular flexibility index (Phi) is 25.3. The SMILES string of the molecule is C.Cc1[c-]c(C)c(C2CCC(C)CC2)cc1.[Y].[Y].[Y].[Y]. The molecular formula is C16H25Y4-. The Morgan fingerprint density at radius 1 is 0.900 bits per heavy atom. The van der Waals surface area contributed by atoms with Crippen molar-refractivity contribution in [2.75, 3.05) is 0 Å². The monoisotopic (exact) mass is 573 g/mol. The Bertz CT molecular complexity index is 344. The molecule has 0 spiro atoms. The number of aryl methyl sites for hydroxylation is 2. The minimum absolute atomic E-state index is 0. The molecular weight excluding hydrogens is 548 g/mol. The summed E-state index contributed by atoms with van der Waals surface area (Å²) >= 11 is 0. The molecule has 0 aromatic heterocycles. The molecule has 2 rings (SSSR count). The molecule has 1 aromatic rings. The van der Waals surface area contributed by atoms with Crippen LogP contribution in [0.3, 0.4) is 0 Å². The summed E-state index contributed by atoms with van der Waals surface area (Å²) < 4.78 is 0. The molecule has 0 nitrogen and oxygen atoms in total. The van der Waals surface area contributed by atoms with E-state index in [-0.39, 0.29) is 138 Å². The van der Waals surface area contributed by atoms with E-state index in [2.05, 4.69) is 39.0 Å². The van der Waals surface area contributed by atoms with Crippen molar-refractivity contribution in [2.45, 2.75) is 59.8 Å². The summed E-state index contributed by atoms with van der Waals surface area (Å²) in [6.07, 6.45) is 5.55. The van der Waals surface area contributed by atoms with Gasteiger partial charge in [0.2, 0.25) is 0 Å². The molecule has 0 saturated heterocycles. The molecule has 1 aliphatic carbocycles. The van der Waals surface area contributed by atoms with Gasteiger partial charge in [0.05, 0.1) is 0 Å². The Labute approximate surface area is 227 Å². The summed E-state index contributed by atoms with van der Waals surface area (Å²) in [5.74, 6) is 1.74. The Hall–Kier alpha value is 3.64. The van der Waals surface area contributed by atoms with Crippen LogP contribution in [-0.2, 0) is 131 Å². The van der Waals surface area contributed by atoms with Gasteiger partial charge in [-0.25, -0.2) is 0 Å². The second kappa shape index (κ2) is 16.1. The molecule has 0 bridgehead atoms. The minimum Gasteiger partial charge on any atom is -0.177 e. The predicted molar refractivity (Wildman–Crippen MR) is 71.9 cm³/mol. The van der Waals surface area contributed by atoms with Crippen molar-refractivity contribution in [1.29, 1.82) is 0 Å². The van der Waals surface area contributed by atoms with Crippen molar-refractivity contribution in [3.63, 3.8) is 0 Å². The molecule has 0 aliphatic heterocycles. The van der Waals surface area contributed by atoms with Gasteiger partial charge in [-0.15, -0.1) is 5.56 Å². The van der Waals surface area contributed by atoms with Crippen LogP contribution in [0.4, 0.5) is 0 Å². The number of hydrogen-bond donors (Lipinski definition) is 0. The zero-order valence-corrected chi connectivity index (χ0v) is 23.8. The number of rotatable bonds is 1. The van der Waals surface area contributed by atoms with Gasteiger partial charge in [0.25, 0.3) is 0 Å². The second-order valence-electron chi connectivity index (χ2n) is 5.18. The summed E-state index contributed by atoms with van der Waals surface area (Å²) in [5.41, 5.74) is 4.18. The van der Waals surface area contributed by atoms with E-state index in [1.807, 2.05) is 0 Å². The van der Waals surface area contributed by atoms with Gasteiger partial charge in [-0.2, -0.15) is 29.3 Å². The van der Waals surface area contributed by atoms with Gasteiger partial charge in [0.1, 0.15) is 0 Å². The summed E-state index contributed by atoms with van der Waals surface area (Å²) in [6, 6.07) is 7.98. The van der Waals surface area contributed by atoms with E-state index in [1.165, 1.54) is 36.8 Å². The molecule has 102 valence electrons. The van der Waals surface area contributed by atoms with Crippen molar-refractivity contribution in [3.8, 4) is 0 Å². The van der Waals surface area contributed by atoms with Gasteiger partial charge in [0, 0.05) is 131 Å². The van der Waals surface area contributed by atoms with Crippen LogP contribution in [0.1, 0.15) is 62.6 Å². The molecule has 0 atom stereocenters. The topological polar surface area (TPSA) is 0 Å². The zero-order chi connectivity index (χ0) is 10.8. The van der Waals surface area contributed by atoms with Crippen molar-refractivity contribution < 1.29 is 131 Å². The smallest absolute Gasteiger partial charge is 0 e. The van der Waals surface area contributed by atoms with Gasteiger partial charge in [0.15, 0.2) is 0 Å². The van der Waals surface area contributed by atoms with Crippen LogP contribution >= 0.6 is 0 Å². The molecule has 4 heteroatoms. The van der Waals surface area contributed by atoms with Crippen molar-refractivity contribution in [2.24, 2.45) is 5.92 Å². The Morgan fingerprint density at radius 3 is 1.85 bits per heavy atom. The van der Waals surface area contributed by atoms with E-state index in [9.17, 15) is 0 Å². The van der Waals surface area contributed by atoms with Gasteiger partial charge in [-0.1, -0.05) is 59.8 Å². The maximum atomic E-state index is 3.45. The summed E-state index contributed by atoms with van der Waals surface area (Å²) in [7, 11) is 0. The first-order chi connectivity index (χ1) is 7.16.